The van der Waals surface area contributed by atoms with E-state index in [-0.39, 0.29) is 18.5 Å². The Labute approximate surface area is 180 Å². The van der Waals surface area contributed by atoms with Gasteiger partial charge in [-0.1, -0.05) is 13.8 Å². The zero-order chi connectivity index (χ0) is 22.7. The fraction of sp³-hybridized carbons (Fsp3) is 0.636. The predicted molar refractivity (Wildman–Crippen MR) is 119 cm³/mol. The number of hydrogen-bond acceptors (Lipinski definition) is 7. The van der Waals surface area contributed by atoms with Gasteiger partial charge in [-0.3, -0.25) is 4.79 Å². The molecule has 8 heteroatoms. The molecule has 1 aromatic rings. The van der Waals surface area contributed by atoms with Crippen molar-refractivity contribution in [1.82, 2.24) is 4.90 Å². The minimum Gasteiger partial charge on any atom is -0.495 e. The number of nitrogens with zero attached hydrogens (tertiary/aromatic N) is 2. The number of nitrogens with one attached hydrogen (secondary N) is 1. The van der Waals surface area contributed by atoms with E-state index < -0.39 is 5.60 Å². The molecule has 0 saturated carbocycles. The molecule has 1 amide bonds. The molecule has 1 heterocycles. The summed E-state index contributed by atoms with van der Waals surface area (Å²) in [5, 5.41) is 3.22. The van der Waals surface area contributed by atoms with Crippen molar-refractivity contribution in [2.75, 3.05) is 57.2 Å². The molecule has 0 bridgehead atoms. The Hall–Kier alpha value is -2.64. The number of esters is 1. The van der Waals surface area contributed by atoms with E-state index >= 15 is 0 Å². The lowest BCUT2D eigenvalue weighted by atomic mass is 10.2. The number of anilines is 2. The van der Waals surface area contributed by atoms with E-state index in [0.29, 0.717) is 38.5 Å². The molecule has 0 aromatic heterocycles. The molecule has 30 heavy (non-hydrogen) atoms. The van der Waals surface area contributed by atoms with Crippen LogP contribution in [0.15, 0.2) is 18.2 Å². The number of methoxy groups -OCH3 is 2. The fourth-order valence-corrected chi connectivity index (χ4v) is 2.91. The number of carbonyl (C=O) groups is 2. The summed E-state index contributed by atoms with van der Waals surface area (Å²) in [5.74, 6) is 0.446. The summed E-state index contributed by atoms with van der Waals surface area (Å²) in [6.45, 7) is 12.7. The van der Waals surface area contributed by atoms with Gasteiger partial charge in [-0.2, -0.15) is 0 Å². The van der Waals surface area contributed by atoms with Gasteiger partial charge in [0, 0.05) is 38.4 Å². The minimum absolute atomic E-state index is 0.263. The summed E-state index contributed by atoms with van der Waals surface area (Å²) >= 11 is 0. The average Bonchev–Trinajstić information content (AvgIpc) is 2.73. The zero-order valence-corrected chi connectivity index (χ0v) is 19.4. The van der Waals surface area contributed by atoms with Gasteiger partial charge in [-0.15, -0.1) is 0 Å². The third-order valence-corrected chi connectivity index (χ3v) is 4.35. The van der Waals surface area contributed by atoms with Gasteiger partial charge >= 0.3 is 12.1 Å². The monoisotopic (exact) mass is 423 g/mol. The van der Waals surface area contributed by atoms with Crippen LogP contribution in [0, 0.1) is 0 Å². The molecule has 0 radical (unpaired) electrons. The minimum atomic E-state index is -0.491. The third kappa shape index (κ3) is 8.00. The number of ether oxygens (including phenoxy) is 3. The standard InChI is InChI=1S/C20H31N3O5.C2H6/c1-20(2,3)28-19(25)23-12-10-22(11-13-23)15-6-7-17(26-4)16(14-15)21-9-8-18(24)27-5;1-2/h6-7,14,21H,8-13H2,1-5H3;1-2H3. The van der Waals surface area contributed by atoms with Gasteiger partial charge in [0.15, 0.2) is 0 Å². The van der Waals surface area contributed by atoms with Crippen molar-refractivity contribution in [3.63, 3.8) is 0 Å². The van der Waals surface area contributed by atoms with Crippen LogP contribution in [-0.4, -0.2) is 69.5 Å². The molecule has 1 N–H and O–H groups in total. The zero-order valence-electron chi connectivity index (χ0n) is 19.4. The van der Waals surface area contributed by atoms with E-state index in [1.807, 2.05) is 52.8 Å². The highest BCUT2D eigenvalue weighted by atomic mass is 16.6. The Morgan fingerprint density at radius 2 is 1.70 bits per heavy atom. The topological polar surface area (TPSA) is 80.3 Å². The van der Waals surface area contributed by atoms with Crippen LogP contribution in [-0.2, 0) is 14.3 Å². The Bertz CT molecular complexity index is 680. The van der Waals surface area contributed by atoms with Crippen molar-refractivity contribution in [3.05, 3.63) is 18.2 Å². The predicted octanol–water partition coefficient (Wildman–Crippen LogP) is 3.75. The van der Waals surface area contributed by atoms with Gasteiger partial charge in [0.05, 0.1) is 26.3 Å². The maximum Gasteiger partial charge on any atom is 0.410 e. The molecular weight excluding hydrogens is 386 g/mol. The number of hydrogen-bond donors (Lipinski definition) is 1. The summed E-state index contributed by atoms with van der Waals surface area (Å²) in [6.07, 6.45) is 0.00498. The van der Waals surface area contributed by atoms with Crippen LogP contribution in [0.1, 0.15) is 41.0 Å². The SMILES string of the molecule is CC.COC(=O)CCNc1cc(N2CCN(C(=O)OC(C)(C)C)CC2)ccc1OC. The van der Waals surface area contributed by atoms with Crippen molar-refractivity contribution < 1.29 is 23.8 Å². The van der Waals surface area contributed by atoms with Crippen LogP contribution in [0.5, 0.6) is 5.75 Å². The highest BCUT2D eigenvalue weighted by Gasteiger charge is 2.26. The molecular formula is C22H37N3O5. The van der Waals surface area contributed by atoms with Gasteiger partial charge in [0.2, 0.25) is 0 Å². The quantitative estimate of drug-likeness (QED) is 0.698. The number of carbonyl (C=O) groups excluding carboxylic acids is 2. The van der Waals surface area contributed by atoms with Crippen LogP contribution in [0.3, 0.4) is 0 Å². The Kier molecular flexibility index (Phi) is 10.3. The molecule has 0 aliphatic carbocycles. The van der Waals surface area contributed by atoms with Gasteiger partial charge in [0.1, 0.15) is 11.4 Å². The number of piperazine rings is 1. The van der Waals surface area contributed by atoms with Crippen molar-refractivity contribution in [2.24, 2.45) is 0 Å². The lowest BCUT2D eigenvalue weighted by Crippen LogP contribution is -2.50. The second-order valence-corrected chi connectivity index (χ2v) is 7.59. The summed E-state index contributed by atoms with van der Waals surface area (Å²) in [4.78, 5) is 27.5. The van der Waals surface area contributed by atoms with E-state index in [1.54, 1.807) is 12.0 Å². The molecule has 2 rings (SSSR count). The van der Waals surface area contributed by atoms with Gasteiger partial charge in [-0.25, -0.2) is 4.79 Å². The molecule has 1 aromatic carbocycles. The molecule has 170 valence electrons. The maximum absolute atomic E-state index is 12.2. The molecule has 1 aliphatic rings. The second-order valence-electron chi connectivity index (χ2n) is 7.59. The van der Waals surface area contributed by atoms with Crippen molar-refractivity contribution in [1.29, 1.82) is 0 Å². The summed E-state index contributed by atoms with van der Waals surface area (Å²) in [5.41, 5.74) is 1.36. The molecule has 1 fully saturated rings. The normalized spacial score (nSPS) is 13.7. The maximum atomic E-state index is 12.2. The molecule has 1 saturated heterocycles. The Morgan fingerprint density at radius 1 is 1.07 bits per heavy atom. The number of benzene rings is 1. The highest BCUT2D eigenvalue weighted by molar-refractivity contribution is 5.71. The second kappa shape index (κ2) is 12.1. The molecule has 0 atom stereocenters. The van der Waals surface area contributed by atoms with Crippen molar-refractivity contribution in [2.45, 2.75) is 46.6 Å². The molecule has 0 unspecified atom stereocenters. The van der Waals surface area contributed by atoms with Crippen LogP contribution in [0.4, 0.5) is 16.2 Å². The first kappa shape index (κ1) is 25.4. The first-order valence-electron chi connectivity index (χ1n) is 10.4. The van der Waals surface area contributed by atoms with Crippen molar-refractivity contribution >= 4 is 23.4 Å². The van der Waals surface area contributed by atoms with E-state index in [2.05, 4.69) is 15.0 Å². The summed E-state index contributed by atoms with van der Waals surface area (Å²) in [6, 6.07) is 5.89. The summed E-state index contributed by atoms with van der Waals surface area (Å²) in [7, 11) is 2.99. The Morgan fingerprint density at radius 3 is 2.23 bits per heavy atom. The lowest BCUT2D eigenvalue weighted by Gasteiger charge is -2.37. The van der Waals surface area contributed by atoms with E-state index in [9.17, 15) is 9.59 Å². The summed E-state index contributed by atoms with van der Waals surface area (Å²) < 4.78 is 15.5. The van der Waals surface area contributed by atoms with Gasteiger partial charge < -0.3 is 29.3 Å². The first-order valence-corrected chi connectivity index (χ1v) is 10.4. The number of amides is 1. The van der Waals surface area contributed by atoms with Gasteiger partial charge in [-0.05, 0) is 39.0 Å². The highest BCUT2D eigenvalue weighted by Crippen LogP contribution is 2.30. The lowest BCUT2D eigenvalue weighted by molar-refractivity contribution is -0.140. The Balaban J connectivity index is 0.00000218. The van der Waals surface area contributed by atoms with E-state index in [4.69, 9.17) is 9.47 Å². The van der Waals surface area contributed by atoms with Crippen LogP contribution in [0.2, 0.25) is 0 Å². The van der Waals surface area contributed by atoms with Crippen LogP contribution in [0.25, 0.3) is 0 Å². The van der Waals surface area contributed by atoms with Gasteiger partial charge in [0.25, 0.3) is 0 Å². The van der Waals surface area contributed by atoms with Crippen LogP contribution < -0.4 is 15.0 Å². The third-order valence-electron chi connectivity index (χ3n) is 4.35. The van der Waals surface area contributed by atoms with E-state index in [1.165, 1.54) is 7.11 Å². The molecule has 8 nitrogen and oxygen atoms in total. The molecule has 0 spiro atoms. The smallest absolute Gasteiger partial charge is 0.410 e. The van der Waals surface area contributed by atoms with Crippen LogP contribution >= 0.6 is 0 Å². The first-order chi connectivity index (χ1) is 14.2. The average molecular weight is 424 g/mol. The van der Waals surface area contributed by atoms with E-state index in [0.717, 1.165) is 11.4 Å². The largest absolute Gasteiger partial charge is 0.495 e. The van der Waals surface area contributed by atoms with Crippen molar-refractivity contribution in [3.8, 4) is 5.75 Å². The number of rotatable bonds is 6. The fourth-order valence-electron chi connectivity index (χ4n) is 2.91. The molecule has 1 aliphatic heterocycles.